The molecule has 0 rings (SSSR count). The van der Waals surface area contributed by atoms with Crippen molar-refractivity contribution < 1.29 is 19.4 Å². The van der Waals surface area contributed by atoms with Crippen LogP contribution in [0.15, 0.2) is 0 Å². The summed E-state index contributed by atoms with van der Waals surface area (Å²) in [5, 5.41) is 17.1. The van der Waals surface area contributed by atoms with E-state index < -0.39 is 17.4 Å². The highest BCUT2D eigenvalue weighted by Crippen LogP contribution is 2.22. The van der Waals surface area contributed by atoms with Gasteiger partial charge in [0.15, 0.2) is 0 Å². The number of carboxylic acid groups (broad SMARTS) is 1. The summed E-state index contributed by atoms with van der Waals surface area (Å²) in [5.41, 5.74) is -2.05. The van der Waals surface area contributed by atoms with E-state index in [1.165, 1.54) is 13.0 Å². The summed E-state index contributed by atoms with van der Waals surface area (Å²) in [7, 11) is 1.05. The lowest BCUT2D eigenvalue weighted by molar-refractivity contribution is -0.162. The molecule has 0 fully saturated rings. The molecular weight excluding hydrogens is 162 g/mol. The lowest BCUT2D eigenvalue weighted by Crippen LogP contribution is -2.38. The van der Waals surface area contributed by atoms with E-state index in [0.29, 0.717) is 0 Å². The van der Waals surface area contributed by atoms with Gasteiger partial charge in [-0.2, -0.15) is 5.26 Å². The molecule has 0 spiro atoms. The van der Waals surface area contributed by atoms with Crippen molar-refractivity contribution in [1.29, 1.82) is 5.26 Å². The van der Waals surface area contributed by atoms with Gasteiger partial charge in [-0.15, -0.1) is 0 Å². The van der Waals surface area contributed by atoms with Gasteiger partial charge in [-0.25, -0.2) is 9.59 Å². The Morgan fingerprint density at radius 2 is 2.17 bits per heavy atom. The van der Waals surface area contributed by atoms with Gasteiger partial charge in [-0.1, -0.05) is 6.92 Å². The predicted octanol–water partition coefficient (Wildman–Crippen LogP) is 0.164. The average molecular weight is 171 g/mol. The van der Waals surface area contributed by atoms with Crippen LogP contribution < -0.4 is 0 Å². The first-order valence-corrected chi connectivity index (χ1v) is 3.28. The Labute approximate surface area is 69.6 Å². The third-order valence-corrected chi connectivity index (χ3v) is 1.62. The Balaban J connectivity index is 4.99. The number of carbonyl (C=O) groups excluding carboxylic acids is 1. The lowest BCUT2D eigenvalue weighted by atomic mass is 9.87. The first-order valence-electron chi connectivity index (χ1n) is 3.28. The highest BCUT2D eigenvalue weighted by atomic mass is 16.5. The van der Waals surface area contributed by atoms with Crippen LogP contribution in [0.3, 0.4) is 0 Å². The predicted molar refractivity (Wildman–Crippen MR) is 38.0 cm³/mol. The Kier molecular flexibility index (Phi) is 3.23. The number of hydrogen-bond acceptors (Lipinski definition) is 4. The van der Waals surface area contributed by atoms with E-state index in [2.05, 4.69) is 4.74 Å². The minimum atomic E-state index is -2.05. The fourth-order valence-corrected chi connectivity index (χ4v) is 0.730. The molecule has 5 heteroatoms. The number of rotatable bonds is 3. The molecule has 0 aliphatic heterocycles. The average Bonchev–Trinajstić information content (AvgIpc) is 2.06. The molecule has 1 atom stereocenters. The van der Waals surface area contributed by atoms with Gasteiger partial charge in [0.05, 0.1) is 13.2 Å². The number of ether oxygens (including phenoxy) is 1. The molecule has 0 aromatic heterocycles. The Hall–Kier alpha value is -1.57. The molecule has 0 saturated heterocycles. The number of methoxy groups -OCH3 is 1. The summed E-state index contributed by atoms with van der Waals surface area (Å²) in [4.78, 5) is 21.5. The quantitative estimate of drug-likeness (QED) is 0.482. The van der Waals surface area contributed by atoms with Crippen LogP contribution >= 0.6 is 0 Å². The van der Waals surface area contributed by atoms with Crippen LogP contribution in [0.5, 0.6) is 0 Å². The monoisotopic (exact) mass is 171 g/mol. The largest absolute Gasteiger partial charge is 0.480 e. The SMILES string of the molecule is CCC(C#N)(C(=O)O)C(=O)OC. The lowest BCUT2D eigenvalue weighted by Gasteiger charge is -2.15. The minimum Gasteiger partial charge on any atom is -0.480 e. The van der Waals surface area contributed by atoms with Gasteiger partial charge in [0.1, 0.15) is 0 Å². The zero-order valence-electron chi connectivity index (χ0n) is 6.83. The van der Waals surface area contributed by atoms with E-state index >= 15 is 0 Å². The zero-order chi connectivity index (χ0) is 9.78. The zero-order valence-corrected chi connectivity index (χ0v) is 6.83. The van der Waals surface area contributed by atoms with Crippen LogP contribution in [-0.4, -0.2) is 24.2 Å². The third-order valence-electron chi connectivity index (χ3n) is 1.62. The van der Waals surface area contributed by atoms with Crippen molar-refractivity contribution >= 4 is 11.9 Å². The van der Waals surface area contributed by atoms with Gasteiger partial charge in [0.2, 0.25) is 5.41 Å². The molecule has 0 aliphatic carbocycles. The van der Waals surface area contributed by atoms with Crippen molar-refractivity contribution in [3.63, 3.8) is 0 Å². The first kappa shape index (κ1) is 10.4. The Morgan fingerprint density at radius 1 is 1.67 bits per heavy atom. The van der Waals surface area contributed by atoms with Crippen molar-refractivity contribution in [2.24, 2.45) is 5.41 Å². The normalized spacial score (nSPS) is 14.1. The molecule has 0 amide bonds. The van der Waals surface area contributed by atoms with Gasteiger partial charge in [0.25, 0.3) is 0 Å². The minimum absolute atomic E-state index is 0.106. The maximum atomic E-state index is 10.9. The molecule has 1 unspecified atom stereocenters. The molecule has 0 radical (unpaired) electrons. The van der Waals surface area contributed by atoms with Gasteiger partial charge >= 0.3 is 11.9 Å². The van der Waals surface area contributed by atoms with Crippen molar-refractivity contribution in [1.82, 2.24) is 0 Å². The summed E-state index contributed by atoms with van der Waals surface area (Å²) in [6.07, 6.45) is -0.106. The molecule has 0 aromatic carbocycles. The van der Waals surface area contributed by atoms with E-state index in [1.807, 2.05) is 0 Å². The van der Waals surface area contributed by atoms with Crippen molar-refractivity contribution in [2.45, 2.75) is 13.3 Å². The highest BCUT2D eigenvalue weighted by Gasteiger charge is 2.46. The molecule has 0 saturated carbocycles. The number of hydrogen-bond donors (Lipinski definition) is 1. The van der Waals surface area contributed by atoms with Crippen LogP contribution in [0.25, 0.3) is 0 Å². The fraction of sp³-hybridized carbons (Fsp3) is 0.571. The van der Waals surface area contributed by atoms with Gasteiger partial charge in [0, 0.05) is 0 Å². The second-order valence-electron chi connectivity index (χ2n) is 2.17. The van der Waals surface area contributed by atoms with Crippen LogP contribution in [0.1, 0.15) is 13.3 Å². The first-order chi connectivity index (χ1) is 5.55. The van der Waals surface area contributed by atoms with Gasteiger partial charge < -0.3 is 9.84 Å². The topological polar surface area (TPSA) is 87.4 Å². The molecule has 0 aromatic rings. The van der Waals surface area contributed by atoms with Crippen molar-refractivity contribution in [2.75, 3.05) is 7.11 Å². The Bertz CT molecular complexity index is 242. The molecule has 66 valence electrons. The molecule has 12 heavy (non-hydrogen) atoms. The van der Waals surface area contributed by atoms with E-state index in [-0.39, 0.29) is 6.42 Å². The number of nitriles is 1. The van der Waals surface area contributed by atoms with Crippen LogP contribution in [0.4, 0.5) is 0 Å². The third kappa shape index (κ3) is 1.37. The summed E-state index contributed by atoms with van der Waals surface area (Å²) >= 11 is 0. The number of carboxylic acids is 1. The molecular formula is C7H9NO4. The summed E-state index contributed by atoms with van der Waals surface area (Å²) in [6.45, 7) is 1.44. The van der Waals surface area contributed by atoms with E-state index in [1.54, 1.807) is 0 Å². The molecule has 0 bridgehead atoms. The fourth-order valence-electron chi connectivity index (χ4n) is 0.730. The maximum absolute atomic E-state index is 10.9. The van der Waals surface area contributed by atoms with Crippen LogP contribution in [0, 0.1) is 16.7 Å². The maximum Gasteiger partial charge on any atom is 0.337 e. The highest BCUT2D eigenvalue weighted by molar-refractivity contribution is 6.02. The van der Waals surface area contributed by atoms with Crippen LogP contribution in [0.2, 0.25) is 0 Å². The smallest absolute Gasteiger partial charge is 0.337 e. The standard InChI is InChI=1S/C7H9NO4/c1-3-7(4-8,5(9)10)6(11)12-2/h3H2,1-2H3,(H,9,10). The van der Waals surface area contributed by atoms with E-state index in [0.717, 1.165) is 7.11 Å². The summed E-state index contributed by atoms with van der Waals surface area (Å²) < 4.78 is 4.22. The number of esters is 1. The second-order valence-corrected chi connectivity index (χ2v) is 2.17. The molecule has 5 nitrogen and oxygen atoms in total. The van der Waals surface area contributed by atoms with Crippen molar-refractivity contribution in [3.8, 4) is 6.07 Å². The Morgan fingerprint density at radius 3 is 2.25 bits per heavy atom. The number of nitrogens with zero attached hydrogens (tertiary/aromatic N) is 1. The number of carbonyl (C=O) groups is 2. The van der Waals surface area contributed by atoms with E-state index in [9.17, 15) is 9.59 Å². The van der Waals surface area contributed by atoms with Crippen molar-refractivity contribution in [3.05, 3.63) is 0 Å². The molecule has 1 N–H and O–H groups in total. The summed E-state index contributed by atoms with van der Waals surface area (Å²) in [5.74, 6) is -2.50. The van der Waals surface area contributed by atoms with E-state index in [4.69, 9.17) is 10.4 Å². The summed E-state index contributed by atoms with van der Waals surface area (Å²) in [6, 6.07) is 1.44. The molecule has 0 aliphatic rings. The molecule has 0 heterocycles. The van der Waals surface area contributed by atoms with Crippen LogP contribution in [-0.2, 0) is 14.3 Å². The number of aliphatic carboxylic acids is 1. The second kappa shape index (κ2) is 3.72. The van der Waals surface area contributed by atoms with Gasteiger partial charge in [-0.3, -0.25) is 0 Å². The van der Waals surface area contributed by atoms with Gasteiger partial charge in [-0.05, 0) is 6.42 Å².